The van der Waals surface area contributed by atoms with E-state index in [1.54, 1.807) is 29.4 Å². The summed E-state index contributed by atoms with van der Waals surface area (Å²) in [6.45, 7) is 3.28. The van der Waals surface area contributed by atoms with Crippen LogP contribution in [0, 0.1) is 5.82 Å². The molecule has 136 valence electrons. The number of fused-ring (bicyclic) bond motifs is 1. The number of nitrogens with zero attached hydrogens (tertiary/aromatic N) is 4. The highest BCUT2D eigenvalue weighted by Gasteiger charge is 2.15. The molecular weight excluding hydrogens is 333 g/mol. The Morgan fingerprint density at radius 3 is 2.81 bits per heavy atom. The van der Waals surface area contributed by atoms with Crippen LogP contribution in [0.25, 0.3) is 16.9 Å². The third-order valence-corrected chi connectivity index (χ3v) is 4.16. The Balaban J connectivity index is 1.83. The summed E-state index contributed by atoms with van der Waals surface area (Å²) >= 11 is 0. The van der Waals surface area contributed by atoms with Crippen molar-refractivity contribution in [3.05, 3.63) is 48.7 Å². The van der Waals surface area contributed by atoms with Crippen molar-refractivity contribution in [2.75, 3.05) is 25.5 Å². The molecule has 2 aromatic heterocycles. The fourth-order valence-electron chi connectivity index (χ4n) is 2.82. The molecule has 3 aromatic rings. The molecular formula is C19H22FN5O. The van der Waals surface area contributed by atoms with E-state index < -0.39 is 0 Å². The zero-order valence-electron chi connectivity index (χ0n) is 14.9. The molecule has 0 aliphatic carbocycles. The van der Waals surface area contributed by atoms with Gasteiger partial charge in [-0.2, -0.15) is 0 Å². The minimum absolute atomic E-state index is 0.0955. The van der Waals surface area contributed by atoms with Crippen LogP contribution in [0.3, 0.4) is 0 Å². The Morgan fingerprint density at radius 2 is 2.08 bits per heavy atom. The van der Waals surface area contributed by atoms with Crippen molar-refractivity contribution >= 4 is 17.4 Å². The average Bonchev–Trinajstić information content (AvgIpc) is 3.01. The van der Waals surface area contributed by atoms with Gasteiger partial charge in [-0.1, -0.05) is 6.92 Å². The van der Waals surface area contributed by atoms with Crippen LogP contribution in [0.2, 0.25) is 0 Å². The topological polar surface area (TPSA) is 62.5 Å². The van der Waals surface area contributed by atoms with Gasteiger partial charge in [0.15, 0.2) is 5.65 Å². The van der Waals surface area contributed by atoms with Gasteiger partial charge in [0, 0.05) is 44.5 Å². The summed E-state index contributed by atoms with van der Waals surface area (Å²) in [4.78, 5) is 22.6. The highest BCUT2D eigenvalue weighted by atomic mass is 19.1. The van der Waals surface area contributed by atoms with Crippen LogP contribution in [-0.4, -0.2) is 45.3 Å². The minimum atomic E-state index is -0.293. The van der Waals surface area contributed by atoms with Gasteiger partial charge in [0.25, 0.3) is 0 Å². The van der Waals surface area contributed by atoms with Crippen molar-refractivity contribution in [1.29, 1.82) is 0 Å². The predicted octanol–water partition coefficient (Wildman–Crippen LogP) is 3.21. The van der Waals surface area contributed by atoms with Gasteiger partial charge in [-0.25, -0.2) is 9.37 Å². The number of halogens is 1. The molecule has 0 bridgehead atoms. The van der Waals surface area contributed by atoms with Crippen molar-refractivity contribution in [1.82, 2.24) is 19.3 Å². The average molecular weight is 355 g/mol. The first-order valence-electron chi connectivity index (χ1n) is 8.66. The van der Waals surface area contributed by atoms with Crippen molar-refractivity contribution < 1.29 is 9.18 Å². The lowest BCUT2D eigenvalue weighted by atomic mass is 10.1. The molecule has 0 aliphatic rings. The minimum Gasteiger partial charge on any atom is -0.369 e. The van der Waals surface area contributed by atoms with Crippen molar-refractivity contribution in [2.45, 2.75) is 19.8 Å². The van der Waals surface area contributed by atoms with Gasteiger partial charge < -0.3 is 10.2 Å². The van der Waals surface area contributed by atoms with Crippen LogP contribution in [0.1, 0.15) is 19.8 Å². The highest BCUT2D eigenvalue weighted by molar-refractivity contribution is 5.78. The van der Waals surface area contributed by atoms with E-state index in [2.05, 4.69) is 15.3 Å². The number of nitrogens with one attached hydrogen (secondary N) is 1. The monoisotopic (exact) mass is 355 g/mol. The maximum absolute atomic E-state index is 13.2. The molecule has 7 heteroatoms. The second kappa shape index (κ2) is 7.95. The fourth-order valence-corrected chi connectivity index (χ4v) is 2.82. The summed E-state index contributed by atoms with van der Waals surface area (Å²) < 4.78 is 15.1. The SMILES string of the molecule is CCCN(C)C(=O)CCNc1c(-c2ccc(F)cc2)nc2cnccn12. The van der Waals surface area contributed by atoms with Crippen LogP contribution >= 0.6 is 0 Å². The molecule has 0 unspecified atom stereocenters. The van der Waals surface area contributed by atoms with E-state index in [1.165, 1.54) is 12.1 Å². The van der Waals surface area contributed by atoms with E-state index in [9.17, 15) is 9.18 Å². The molecule has 0 fully saturated rings. The van der Waals surface area contributed by atoms with E-state index in [1.807, 2.05) is 24.6 Å². The predicted molar refractivity (Wildman–Crippen MR) is 99.4 cm³/mol. The van der Waals surface area contributed by atoms with Gasteiger partial charge in [0.1, 0.15) is 17.3 Å². The molecule has 26 heavy (non-hydrogen) atoms. The van der Waals surface area contributed by atoms with Crippen molar-refractivity contribution in [2.24, 2.45) is 0 Å². The van der Waals surface area contributed by atoms with Gasteiger partial charge in [-0.15, -0.1) is 0 Å². The van der Waals surface area contributed by atoms with Crippen molar-refractivity contribution in [3.8, 4) is 11.3 Å². The standard InChI is InChI=1S/C19H22FN5O/c1-3-11-24(2)17(26)8-9-22-19-18(14-4-6-15(20)7-5-14)23-16-13-21-10-12-25(16)19/h4-7,10,12-13,22H,3,8-9,11H2,1-2H3. The Kier molecular flexibility index (Phi) is 5.46. The molecule has 0 saturated heterocycles. The largest absolute Gasteiger partial charge is 0.369 e. The quantitative estimate of drug-likeness (QED) is 0.707. The number of rotatable bonds is 7. The lowest BCUT2D eigenvalue weighted by Gasteiger charge is -2.16. The summed E-state index contributed by atoms with van der Waals surface area (Å²) in [6.07, 6.45) is 6.47. The van der Waals surface area contributed by atoms with E-state index >= 15 is 0 Å². The van der Waals surface area contributed by atoms with Gasteiger partial charge in [0.2, 0.25) is 5.91 Å². The Morgan fingerprint density at radius 1 is 1.31 bits per heavy atom. The molecule has 2 heterocycles. The number of hydrogen-bond donors (Lipinski definition) is 1. The van der Waals surface area contributed by atoms with E-state index in [0.29, 0.717) is 24.3 Å². The van der Waals surface area contributed by atoms with Gasteiger partial charge in [0.05, 0.1) is 6.20 Å². The molecule has 0 radical (unpaired) electrons. The molecule has 6 nitrogen and oxygen atoms in total. The first kappa shape index (κ1) is 17.8. The van der Waals surface area contributed by atoms with Crippen LogP contribution < -0.4 is 5.32 Å². The molecule has 3 rings (SSSR count). The molecule has 1 N–H and O–H groups in total. The van der Waals surface area contributed by atoms with E-state index in [-0.39, 0.29) is 11.7 Å². The molecule has 0 spiro atoms. The third-order valence-electron chi connectivity index (χ3n) is 4.16. The summed E-state index contributed by atoms with van der Waals surface area (Å²) in [6, 6.07) is 6.20. The van der Waals surface area contributed by atoms with Gasteiger partial charge in [-0.3, -0.25) is 14.2 Å². The lowest BCUT2D eigenvalue weighted by molar-refractivity contribution is -0.129. The maximum atomic E-state index is 13.2. The van der Waals surface area contributed by atoms with Crippen LogP contribution in [0.4, 0.5) is 10.2 Å². The first-order chi connectivity index (χ1) is 12.6. The molecule has 1 aromatic carbocycles. The number of amides is 1. The van der Waals surface area contributed by atoms with E-state index in [0.717, 1.165) is 24.3 Å². The number of imidazole rings is 1. The molecule has 0 saturated carbocycles. The number of aromatic nitrogens is 3. The molecule has 1 amide bonds. The number of carbonyl (C=O) groups is 1. The number of benzene rings is 1. The maximum Gasteiger partial charge on any atom is 0.224 e. The summed E-state index contributed by atoms with van der Waals surface area (Å²) in [7, 11) is 1.82. The highest BCUT2D eigenvalue weighted by Crippen LogP contribution is 2.28. The smallest absolute Gasteiger partial charge is 0.224 e. The fraction of sp³-hybridized carbons (Fsp3) is 0.316. The normalized spacial score (nSPS) is 10.9. The Bertz CT molecular complexity index is 891. The van der Waals surface area contributed by atoms with Crippen LogP contribution in [-0.2, 0) is 4.79 Å². The number of carbonyl (C=O) groups excluding carboxylic acids is 1. The third kappa shape index (κ3) is 3.82. The summed E-state index contributed by atoms with van der Waals surface area (Å²) in [5.41, 5.74) is 2.18. The van der Waals surface area contributed by atoms with E-state index in [4.69, 9.17) is 0 Å². The molecule has 0 aliphatic heterocycles. The van der Waals surface area contributed by atoms with Crippen LogP contribution in [0.15, 0.2) is 42.9 Å². The first-order valence-corrected chi connectivity index (χ1v) is 8.66. The molecule has 0 atom stereocenters. The van der Waals surface area contributed by atoms with Crippen LogP contribution in [0.5, 0.6) is 0 Å². The second-order valence-corrected chi connectivity index (χ2v) is 6.11. The summed E-state index contributed by atoms with van der Waals surface area (Å²) in [5, 5.41) is 3.31. The number of anilines is 1. The Labute approximate surface area is 151 Å². The van der Waals surface area contributed by atoms with Gasteiger partial charge >= 0.3 is 0 Å². The van der Waals surface area contributed by atoms with Crippen molar-refractivity contribution in [3.63, 3.8) is 0 Å². The summed E-state index contributed by atoms with van der Waals surface area (Å²) in [5.74, 6) is 0.566. The zero-order valence-corrected chi connectivity index (χ0v) is 14.9. The zero-order chi connectivity index (χ0) is 18.5. The second-order valence-electron chi connectivity index (χ2n) is 6.11. The lowest BCUT2D eigenvalue weighted by Crippen LogP contribution is -2.28. The number of hydrogen-bond acceptors (Lipinski definition) is 4. The van der Waals surface area contributed by atoms with Gasteiger partial charge in [-0.05, 0) is 30.7 Å². The Hall–Kier alpha value is -2.96.